The van der Waals surface area contributed by atoms with Crippen LogP contribution < -0.4 is 5.32 Å². The first kappa shape index (κ1) is 13.5. The molecule has 5 heteroatoms. The highest BCUT2D eigenvalue weighted by molar-refractivity contribution is 5.97. The van der Waals surface area contributed by atoms with Gasteiger partial charge in [-0.05, 0) is 62.9 Å². The Morgan fingerprint density at radius 3 is 2.74 bits per heavy atom. The minimum Gasteiger partial charge on any atom is -0.440 e. The molecule has 3 saturated heterocycles. The zero-order chi connectivity index (χ0) is 15.4. The van der Waals surface area contributed by atoms with Crippen LogP contribution in [0.4, 0.5) is 0 Å². The number of carbonyl (C=O) groups excluding carboxylic acids is 1. The SMILES string of the molecule is O=C(N[C@H]1CN2CCC1CC2)c1ccc2oc(C3CC3)nc2c1. The van der Waals surface area contributed by atoms with Crippen molar-refractivity contribution >= 4 is 17.0 Å². The molecule has 120 valence electrons. The summed E-state index contributed by atoms with van der Waals surface area (Å²) in [4.78, 5) is 19.6. The van der Waals surface area contributed by atoms with E-state index in [1.807, 2.05) is 18.2 Å². The molecule has 1 atom stereocenters. The smallest absolute Gasteiger partial charge is 0.251 e. The molecule has 2 bridgehead atoms. The summed E-state index contributed by atoms with van der Waals surface area (Å²) in [6.45, 7) is 3.37. The lowest BCUT2D eigenvalue weighted by molar-refractivity contribution is 0.0620. The van der Waals surface area contributed by atoms with E-state index in [9.17, 15) is 4.79 Å². The fourth-order valence-electron chi connectivity index (χ4n) is 3.97. The molecule has 23 heavy (non-hydrogen) atoms. The number of piperidine rings is 3. The Balaban J connectivity index is 1.35. The molecule has 6 rings (SSSR count). The zero-order valence-corrected chi connectivity index (χ0v) is 13.1. The molecular weight excluding hydrogens is 290 g/mol. The van der Waals surface area contributed by atoms with Gasteiger partial charge < -0.3 is 14.6 Å². The number of aromatic nitrogens is 1. The Morgan fingerprint density at radius 2 is 2.04 bits per heavy atom. The first-order valence-corrected chi connectivity index (χ1v) is 8.70. The van der Waals surface area contributed by atoms with Crippen LogP contribution in [-0.4, -0.2) is 41.5 Å². The van der Waals surface area contributed by atoms with E-state index in [1.165, 1.54) is 38.8 Å². The van der Waals surface area contributed by atoms with Crippen molar-refractivity contribution in [1.29, 1.82) is 0 Å². The van der Waals surface area contributed by atoms with Crippen LogP contribution in [0.15, 0.2) is 22.6 Å². The molecule has 5 nitrogen and oxygen atoms in total. The number of hydrogen-bond acceptors (Lipinski definition) is 4. The molecule has 0 unspecified atom stereocenters. The summed E-state index contributed by atoms with van der Waals surface area (Å²) in [6, 6.07) is 5.88. The van der Waals surface area contributed by atoms with Gasteiger partial charge in [-0.25, -0.2) is 4.98 Å². The van der Waals surface area contributed by atoms with Crippen LogP contribution in [0.1, 0.15) is 47.8 Å². The van der Waals surface area contributed by atoms with E-state index < -0.39 is 0 Å². The average Bonchev–Trinajstić information content (AvgIpc) is 3.35. The zero-order valence-electron chi connectivity index (χ0n) is 13.1. The van der Waals surface area contributed by atoms with Crippen molar-refractivity contribution < 1.29 is 9.21 Å². The highest BCUT2D eigenvalue weighted by atomic mass is 16.3. The molecule has 0 spiro atoms. The molecule has 3 aliphatic heterocycles. The number of amides is 1. The van der Waals surface area contributed by atoms with E-state index in [4.69, 9.17) is 4.42 Å². The van der Waals surface area contributed by atoms with Crippen molar-refractivity contribution in [3.05, 3.63) is 29.7 Å². The Kier molecular flexibility index (Phi) is 2.98. The van der Waals surface area contributed by atoms with E-state index in [1.54, 1.807) is 0 Å². The third-order valence-electron chi connectivity index (χ3n) is 5.57. The van der Waals surface area contributed by atoms with E-state index in [2.05, 4.69) is 15.2 Å². The summed E-state index contributed by atoms with van der Waals surface area (Å²) in [7, 11) is 0. The molecule has 1 aliphatic carbocycles. The van der Waals surface area contributed by atoms with Gasteiger partial charge in [0.2, 0.25) is 0 Å². The molecule has 1 N–H and O–H groups in total. The molecule has 1 saturated carbocycles. The first-order chi connectivity index (χ1) is 11.3. The minimum atomic E-state index is 0.0154. The maximum Gasteiger partial charge on any atom is 0.251 e. The van der Waals surface area contributed by atoms with Crippen molar-refractivity contribution in [3.8, 4) is 0 Å². The number of fused-ring (bicyclic) bond motifs is 4. The molecule has 1 aromatic carbocycles. The summed E-state index contributed by atoms with van der Waals surface area (Å²) < 4.78 is 5.77. The van der Waals surface area contributed by atoms with Gasteiger partial charge in [-0.2, -0.15) is 0 Å². The lowest BCUT2D eigenvalue weighted by Crippen LogP contribution is -2.57. The highest BCUT2D eigenvalue weighted by Gasteiger charge is 2.35. The van der Waals surface area contributed by atoms with Crippen LogP contribution >= 0.6 is 0 Å². The Labute approximate surface area is 135 Å². The minimum absolute atomic E-state index is 0.0154. The summed E-state index contributed by atoms with van der Waals surface area (Å²) in [5.74, 6) is 1.98. The summed E-state index contributed by atoms with van der Waals surface area (Å²) >= 11 is 0. The lowest BCUT2D eigenvalue weighted by Gasteiger charge is -2.44. The Bertz CT molecular complexity index is 757. The van der Waals surface area contributed by atoms with Crippen molar-refractivity contribution in [2.45, 2.75) is 37.6 Å². The second kappa shape index (κ2) is 5.06. The van der Waals surface area contributed by atoms with Gasteiger partial charge in [0.15, 0.2) is 11.5 Å². The second-order valence-electron chi connectivity index (χ2n) is 7.23. The van der Waals surface area contributed by atoms with Gasteiger partial charge in [0.25, 0.3) is 5.91 Å². The molecule has 4 fully saturated rings. The van der Waals surface area contributed by atoms with Gasteiger partial charge in [0.05, 0.1) is 0 Å². The lowest BCUT2D eigenvalue weighted by atomic mass is 9.84. The number of hydrogen-bond donors (Lipinski definition) is 1. The van der Waals surface area contributed by atoms with Crippen LogP contribution in [0.2, 0.25) is 0 Å². The number of benzene rings is 1. The van der Waals surface area contributed by atoms with Crippen LogP contribution in [-0.2, 0) is 0 Å². The third-order valence-corrected chi connectivity index (χ3v) is 5.57. The third kappa shape index (κ3) is 2.43. The quantitative estimate of drug-likeness (QED) is 0.946. The van der Waals surface area contributed by atoms with Gasteiger partial charge in [-0.15, -0.1) is 0 Å². The number of rotatable bonds is 3. The molecule has 4 aliphatic rings. The monoisotopic (exact) mass is 311 g/mol. The molecule has 1 amide bonds. The molecular formula is C18H21N3O2. The van der Waals surface area contributed by atoms with Crippen LogP contribution in [0, 0.1) is 5.92 Å². The van der Waals surface area contributed by atoms with Gasteiger partial charge >= 0.3 is 0 Å². The maximum absolute atomic E-state index is 12.6. The van der Waals surface area contributed by atoms with Crippen molar-refractivity contribution in [2.75, 3.05) is 19.6 Å². The topological polar surface area (TPSA) is 58.4 Å². The molecule has 0 radical (unpaired) electrons. The largest absolute Gasteiger partial charge is 0.440 e. The van der Waals surface area contributed by atoms with E-state index in [0.717, 1.165) is 23.5 Å². The molecule has 4 heterocycles. The van der Waals surface area contributed by atoms with E-state index >= 15 is 0 Å². The van der Waals surface area contributed by atoms with Crippen molar-refractivity contribution in [1.82, 2.24) is 15.2 Å². The van der Waals surface area contributed by atoms with Crippen LogP contribution in [0.5, 0.6) is 0 Å². The van der Waals surface area contributed by atoms with Gasteiger partial charge in [0, 0.05) is 24.1 Å². The predicted octanol–water partition coefficient (Wildman–Crippen LogP) is 2.53. The fourth-order valence-corrected chi connectivity index (χ4v) is 3.97. The molecule has 2 aromatic rings. The Hall–Kier alpha value is -1.88. The average molecular weight is 311 g/mol. The standard InChI is InChI=1S/C18H21N3O2/c22-17(19-15-10-21-7-5-11(15)6-8-21)13-3-4-16-14(9-13)20-18(23-16)12-1-2-12/h3-4,9,11-12,15H,1-2,5-8,10H2,(H,19,22)/t15-/m0/s1. The fraction of sp³-hybridized carbons (Fsp3) is 0.556. The van der Waals surface area contributed by atoms with E-state index in [0.29, 0.717) is 23.4 Å². The highest BCUT2D eigenvalue weighted by Crippen LogP contribution is 2.40. The second-order valence-corrected chi connectivity index (χ2v) is 7.23. The maximum atomic E-state index is 12.6. The molecule has 1 aromatic heterocycles. The normalized spacial score (nSPS) is 29.8. The summed E-state index contributed by atoms with van der Waals surface area (Å²) in [6.07, 6.45) is 4.75. The van der Waals surface area contributed by atoms with Crippen molar-refractivity contribution in [3.63, 3.8) is 0 Å². The first-order valence-electron chi connectivity index (χ1n) is 8.70. The predicted molar refractivity (Wildman–Crippen MR) is 86.4 cm³/mol. The van der Waals surface area contributed by atoms with Crippen LogP contribution in [0.3, 0.4) is 0 Å². The van der Waals surface area contributed by atoms with Crippen LogP contribution in [0.25, 0.3) is 11.1 Å². The van der Waals surface area contributed by atoms with Gasteiger partial charge in [-0.3, -0.25) is 4.79 Å². The summed E-state index contributed by atoms with van der Waals surface area (Å²) in [5, 5.41) is 3.23. The van der Waals surface area contributed by atoms with Crippen molar-refractivity contribution in [2.24, 2.45) is 5.92 Å². The number of carbonyl (C=O) groups is 1. The number of oxazole rings is 1. The van der Waals surface area contributed by atoms with Gasteiger partial charge in [0.1, 0.15) is 5.52 Å². The number of nitrogens with one attached hydrogen (secondary N) is 1. The Morgan fingerprint density at radius 1 is 1.22 bits per heavy atom. The van der Waals surface area contributed by atoms with Gasteiger partial charge in [-0.1, -0.05) is 0 Å². The van der Waals surface area contributed by atoms with E-state index in [-0.39, 0.29) is 5.91 Å². The summed E-state index contributed by atoms with van der Waals surface area (Å²) in [5.41, 5.74) is 2.27. The number of nitrogens with zero attached hydrogens (tertiary/aromatic N) is 2.